The molecule has 9 nitrogen and oxygen atoms in total. The normalized spacial score (nSPS) is 15.1. The second-order valence-corrected chi connectivity index (χ2v) is 9.30. The van der Waals surface area contributed by atoms with Gasteiger partial charge in [-0.3, -0.25) is 14.9 Å². The zero-order valence-corrected chi connectivity index (χ0v) is 17.7. The first-order valence-electron chi connectivity index (χ1n) is 9.45. The van der Waals surface area contributed by atoms with E-state index in [0.717, 1.165) is 55.8 Å². The Morgan fingerprint density at radius 1 is 1.13 bits per heavy atom. The molecule has 2 aromatic carbocycles. The van der Waals surface area contributed by atoms with Crippen molar-refractivity contribution >= 4 is 27.1 Å². The summed E-state index contributed by atoms with van der Waals surface area (Å²) < 4.78 is 23.5. The summed E-state index contributed by atoms with van der Waals surface area (Å²) in [5, 5.41) is 14.0. The standard InChI is InChI=1S/C20H24N4O5S/c1-22-9-11-23(12-10-22)17-6-4-3-5-16(17)14-21-20(25)15-7-8-19(30(2,28)29)18(13-15)24(26)27/h3-8,13H,9-12,14H2,1-2H3,(H,21,25). The fourth-order valence-corrected chi connectivity index (χ4v) is 4.24. The lowest BCUT2D eigenvalue weighted by atomic mass is 10.1. The number of nitro benzene ring substituents is 1. The summed E-state index contributed by atoms with van der Waals surface area (Å²) in [7, 11) is -1.70. The number of hydrogen-bond donors (Lipinski definition) is 1. The van der Waals surface area contributed by atoms with Gasteiger partial charge in [0.1, 0.15) is 4.90 Å². The number of nitrogens with zero attached hydrogens (tertiary/aromatic N) is 3. The molecule has 0 radical (unpaired) electrons. The molecular formula is C20H24N4O5S. The van der Waals surface area contributed by atoms with Crippen LogP contribution in [0.15, 0.2) is 47.4 Å². The molecule has 1 amide bonds. The highest BCUT2D eigenvalue weighted by atomic mass is 32.2. The first-order chi connectivity index (χ1) is 14.2. The van der Waals surface area contributed by atoms with Crippen molar-refractivity contribution in [3.05, 3.63) is 63.7 Å². The highest BCUT2D eigenvalue weighted by molar-refractivity contribution is 7.90. The maximum absolute atomic E-state index is 12.6. The third kappa shape index (κ3) is 4.95. The van der Waals surface area contributed by atoms with Crippen LogP contribution in [-0.4, -0.2) is 63.6 Å². The van der Waals surface area contributed by atoms with E-state index in [-0.39, 0.29) is 12.1 Å². The third-order valence-corrected chi connectivity index (χ3v) is 6.24. The van der Waals surface area contributed by atoms with Crippen LogP contribution in [0.5, 0.6) is 0 Å². The largest absolute Gasteiger partial charge is 0.369 e. The smallest absolute Gasteiger partial charge is 0.288 e. The summed E-state index contributed by atoms with van der Waals surface area (Å²) >= 11 is 0. The first kappa shape index (κ1) is 21.7. The average molecular weight is 433 g/mol. The van der Waals surface area contributed by atoms with Gasteiger partial charge >= 0.3 is 0 Å². The lowest BCUT2D eigenvalue weighted by Gasteiger charge is -2.35. The molecule has 2 aromatic rings. The molecule has 10 heteroatoms. The van der Waals surface area contributed by atoms with Gasteiger partial charge in [0, 0.05) is 56.3 Å². The molecule has 1 fully saturated rings. The fourth-order valence-electron chi connectivity index (χ4n) is 3.41. The summed E-state index contributed by atoms with van der Waals surface area (Å²) in [6.45, 7) is 3.94. The minimum atomic E-state index is -3.78. The van der Waals surface area contributed by atoms with E-state index < -0.39 is 31.3 Å². The van der Waals surface area contributed by atoms with Crippen molar-refractivity contribution in [2.75, 3.05) is 44.4 Å². The molecule has 0 unspecified atom stereocenters. The number of likely N-dealkylation sites (N-methyl/N-ethyl adjacent to an activating group) is 1. The van der Waals surface area contributed by atoms with Gasteiger partial charge in [-0.25, -0.2) is 8.42 Å². The molecule has 1 aliphatic rings. The van der Waals surface area contributed by atoms with Crippen molar-refractivity contribution in [2.45, 2.75) is 11.4 Å². The number of rotatable bonds is 6. The molecule has 0 atom stereocenters. The van der Waals surface area contributed by atoms with E-state index in [2.05, 4.69) is 22.2 Å². The van der Waals surface area contributed by atoms with Gasteiger partial charge in [-0.2, -0.15) is 0 Å². The Morgan fingerprint density at radius 2 is 1.80 bits per heavy atom. The second-order valence-electron chi connectivity index (χ2n) is 7.31. The summed E-state index contributed by atoms with van der Waals surface area (Å²) in [6.07, 6.45) is 0.893. The monoisotopic (exact) mass is 432 g/mol. The van der Waals surface area contributed by atoms with E-state index >= 15 is 0 Å². The van der Waals surface area contributed by atoms with Gasteiger partial charge < -0.3 is 15.1 Å². The van der Waals surface area contributed by atoms with Gasteiger partial charge in [-0.05, 0) is 30.8 Å². The predicted molar refractivity (Wildman–Crippen MR) is 114 cm³/mol. The third-order valence-electron chi connectivity index (χ3n) is 5.09. The summed E-state index contributed by atoms with van der Waals surface area (Å²) in [4.78, 5) is 27.2. The lowest BCUT2D eigenvalue weighted by molar-refractivity contribution is -0.387. The molecule has 0 saturated carbocycles. The van der Waals surface area contributed by atoms with Crippen molar-refractivity contribution in [1.82, 2.24) is 10.2 Å². The number of sulfone groups is 1. The Hall–Kier alpha value is -2.98. The Balaban J connectivity index is 1.77. The fraction of sp³-hybridized carbons (Fsp3) is 0.350. The number of hydrogen-bond acceptors (Lipinski definition) is 7. The highest BCUT2D eigenvalue weighted by Crippen LogP contribution is 2.25. The number of anilines is 1. The highest BCUT2D eigenvalue weighted by Gasteiger charge is 2.24. The van der Waals surface area contributed by atoms with E-state index in [1.165, 1.54) is 6.07 Å². The first-order valence-corrected chi connectivity index (χ1v) is 11.3. The van der Waals surface area contributed by atoms with Gasteiger partial charge in [-0.15, -0.1) is 0 Å². The number of para-hydroxylation sites is 1. The van der Waals surface area contributed by atoms with Crippen LogP contribution in [0.2, 0.25) is 0 Å². The predicted octanol–water partition coefficient (Wildman–Crippen LogP) is 1.68. The quantitative estimate of drug-likeness (QED) is 0.546. The molecule has 0 aliphatic carbocycles. The van der Waals surface area contributed by atoms with E-state index in [1.54, 1.807) is 0 Å². The molecule has 1 heterocycles. The molecule has 1 saturated heterocycles. The Morgan fingerprint density at radius 3 is 2.43 bits per heavy atom. The number of nitrogens with one attached hydrogen (secondary N) is 1. The van der Waals surface area contributed by atoms with Crippen LogP contribution < -0.4 is 10.2 Å². The number of nitro groups is 1. The minimum Gasteiger partial charge on any atom is -0.369 e. The SMILES string of the molecule is CN1CCN(c2ccccc2CNC(=O)c2ccc(S(C)(=O)=O)c([N+](=O)[O-])c2)CC1. The Kier molecular flexibility index (Phi) is 6.37. The zero-order valence-electron chi connectivity index (χ0n) is 16.9. The summed E-state index contributed by atoms with van der Waals surface area (Å²) in [5.74, 6) is -0.508. The van der Waals surface area contributed by atoms with E-state index in [1.807, 2.05) is 24.3 Å². The van der Waals surface area contributed by atoms with E-state index in [4.69, 9.17) is 0 Å². The van der Waals surface area contributed by atoms with Crippen molar-refractivity contribution in [3.8, 4) is 0 Å². The van der Waals surface area contributed by atoms with Crippen molar-refractivity contribution in [2.24, 2.45) is 0 Å². The van der Waals surface area contributed by atoms with Crippen LogP contribution in [0.3, 0.4) is 0 Å². The number of amides is 1. The summed E-state index contributed by atoms with van der Waals surface area (Å²) in [5.41, 5.74) is 1.41. The maximum atomic E-state index is 12.6. The van der Waals surface area contributed by atoms with E-state index in [9.17, 15) is 23.3 Å². The van der Waals surface area contributed by atoms with Crippen LogP contribution in [0.1, 0.15) is 15.9 Å². The molecule has 0 spiro atoms. The molecule has 0 aromatic heterocycles. The number of piperazine rings is 1. The van der Waals surface area contributed by atoms with Gasteiger partial charge in [-0.1, -0.05) is 18.2 Å². The second kappa shape index (κ2) is 8.80. The molecule has 1 aliphatic heterocycles. The van der Waals surface area contributed by atoms with Crippen LogP contribution in [0, 0.1) is 10.1 Å². The molecule has 0 bridgehead atoms. The molecule has 30 heavy (non-hydrogen) atoms. The molecule has 1 N–H and O–H groups in total. The molecule has 160 valence electrons. The van der Waals surface area contributed by atoms with Crippen LogP contribution in [0.4, 0.5) is 11.4 Å². The van der Waals surface area contributed by atoms with Crippen LogP contribution in [-0.2, 0) is 16.4 Å². The average Bonchev–Trinajstić information content (AvgIpc) is 2.71. The molecule has 3 rings (SSSR count). The van der Waals surface area contributed by atoms with Crippen LogP contribution in [0.25, 0.3) is 0 Å². The van der Waals surface area contributed by atoms with Gasteiger partial charge in [0.25, 0.3) is 11.6 Å². The van der Waals surface area contributed by atoms with E-state index in [0.29, 0.717) is 0 Å². The maximum Gasteiger partial charge on any atom is 0.288 e. The van der Waals surface area contributed by atoms with Crippen molar-refractivity contribution in [1.29, 1.82) is 0 Å². The minimum absolute atomic E-state index is 0.0335. The van der Waals surface area contributed by atoms with Gasteiger partial charge in [0.2, 0.25) is 0 Å². The topological polar surface area (TPSA) is 113 Å². The van der Waals surface area contributed by atoms with Crippen molar-refractivity contribution in [3.63, 3.8) is 0 Å². The van der Waals surface area contributed by atoms with Crippen LogP contribution >= 0.6 is 0 Å². The van der Waals surface area contributed by atoms with Gasteiger partial charge in [0.15, 0.2) is 9.84 Å². The Labute approximate surface area is 175 Å². The molecular weight excluding hydrogens is 408 g/mol. The van der Waals surface area contributed by atoms with Gasteiger partial charge in [0.05, 0.1) is 4.92 Å². The lowest BCUT2D eigenvalue weighted by Crippen LogP contribution is -2.45. The number of benzene rings is 2. The zero-order chi connectivity index (χ0) is 21.9. The number of carbonyl (C=O) groups is 1. The Bertz CT molecular complexity index is 1060. The number of carbonyl (C=O) groups excluding carboxylic acids is 1. The summed E-state index contributed by atoms with van der Waals surface area (Å²) in [6, 6.07) is 11.2. The van der Waals surface area contributed by atoms with Crippen molar-refractivity contribution < 1.29 is 18.1 Å².